The van der Waals surface area contributed by atoms with Gasteiger partial charge in [-0.15, -0.1) is 0 Å². The van der Waals surface area contributed by atoms with Crippen molar-refractivity contribution in [2.45, 2.75) is 45.1 Å². The number of nitrogens with one attached hydrogen (secondary N) is 1. The first-order valence-corrected chi connectivity index (χ1v) is 9.01. The molecule has 25 heavy (non-hydrogen) atoms. The highest BCUT2D eigenvalue weighted by atomic mass is 16.2. The van der Waals surface area contributed by atoms with Crippen LogP contribution in [0.1, 0.15) is 46.7 Å². The van der Waals surface area contributed by atoms with Crippen LogP contribution in [0.15, 0.2) is 12.4 Å². The molecule has 1 unspecified atom stereocenters. The van der Waals surface area contributed by atoms with Gasteiger partial charge in [0.05, 0.1) is 0 Å². The molecule has 0 radical (unpaired) electrons. The van der Waals surface area contributed by atoms with Crippen LogP contribution in [0, 0.1) is 6.92 Å². The van der Waals surface area contributed by atoms with E-state index in [9.17, 15) is 4.79 Å². The highest BCUT2D eigenvalue weighted by Gasteiger charge is 2.27. The number of rotatable bonds is 3. The summed E-state index contributed by atoms with van der Waals surface area (Å²) in [6, 6.07) is 1.95. The molecular formula is C18H24N6O. The van der Waals surface area contributed by atoms with Crippen molar-refractivity contribution < 1.29 is 4.79 Å². The van der Waals surface area contributed by atoms with Gasteiger partial charge in [-0.2, -0.15) is 5.10 Å². The number of hydrogen-bond acceptors (Lipinski definition) is 5. The summed E-state index contributed by atoms with van der Waals surface area (Å²) in [6.07, 6.45) is 6.99. The minimum Gasteiger partial charge on any atom is -0.354 e. The van der Waals surface area contributed by atoms with E-state index in [1.165, 1.54) is 11.3 Å². The minimum atomic E-state index is -0.0940. The molecule has 0 spiro atoms. The molecule has 2 aromatic rings. The van der Waals surface area contributed by atoms with Crippen molar-refractivity contribution in [1.29, 1.82) is 0 Å². The molecule has 1 amide bonds. The van der Waals surface area contributed by atoms with Crippen LogP contribution in [0.2, 0.25) is 0 Å². The number of anilines is 1. The van der Waals surface area contributed by atoms with Crippen molar-refractivity contribution in [1.82, 2.24) is 25.1 Å². The summed E-state index contributed by atoms with van der Waals surface area (Å²) < 4.78 is 1.73. The van der Waals surface area contributed by atoms with Crippen LogP contribution in [0.3, 0.4) is 0 Å². The molecule has 0 aromatic carbocycles. The molecule has 1 saturated heterocycles. The summed E-state index contributed by atoms with van der Waals surface area (Å²) >= 11 is 0. The average Bonchev–Trinajstić information content (AvgIpc) is 3.22. The molecule has 132 valence electrons. The SMILES string of the molecule is Cc1cc(C(=O)NC2CCCN(c3ncnc4c3CCC4)C2)nn1C. The fraction of sp³-hybridized carbons (Fsp3) is 0.556. The molecule has 2 aliphatic rings. The van der Waals surface area contributed by atoms with Gasteiger partial charge >= 0.3 is 0 Å². The van der Waals surface area contributed by atoms with Gasteiger partial charge in [-0.1, -0.05) is 0 Å². The van der Waals surface area contributed by atoms with Crippen LogP contribution >= 0.6 is 0 Å². The smallest absolute Gasteiger partial charge is 0.272 e. The summed E-state index contributed by atoms with van der Waals surface area (Å²) in [5.41, 5.74) is 3.96. The second kappa shape index (κ2) is 6.46. The lowest BCUT2D eigenvalue weighted by Crippen LogP contribution is -2.48. The lowest BCUT2D eigenvalue weighted by Gasteiger charge is -2.34. The van der Waals surface area contributed by atoms with Crippen LogP contribution < -0.4 is 10.2 Å². The van der Waals surface area contributed by atoms with E-state index in [0.717, 1.165) is 56.7 Å². The van der Waals surface area contributed by atoms with Gasteiger partial charge in [0.25, 0.3) is 5.91 Å². The summed E-state index contributed by atoms with van der Waals surface area (Å²) in [4.78, 5) is 23.7. The van der Waals surface area contributed by atoms with Crippen molar-refractivity contribution in [3.63, 3.8) is 0 Å². The first-order chi connectivity index (χ1) is 12.1. The third kappa shape index (κ3) is 3.10. The van der Waals surface area contributed by atoms with Gasteiger partial charge in [-0.05, 0) is 45.1 Å². The minimum absolute atomic E-state index is 0.0940. The number of amides is 1. The molecule has 2 aromatic heterocycles. The quantitative estimate of drug-likeness (QED) is 0.914. The van der Waals surface area contributed by atoms with Crippen LogP contribution in [-0.4, -0.2) is 44.8 Å². The Labute approximate surface area is 147 Å². The summed E-state index contributed by atoms with van der Waals surface area (Å²) in [5, 5.41) is 7.41. The van der Waals surface area contributed by atoms with E-state index in [4.69, 9.17) is 0 Å². The zero-order valence-corrected chi connectivity index (χ0v) is 14.8. The molecule has 1 aliphatic carbocycles. The van der Waals surface area contributed by atoms with E-state index in [1.807, 2.05) is 20.0 Å². The molecule has 7 nitrogen and oxygen atoms in total. The third-order valence-corrected chi connectivity index (χ3v) is 5.25. The van der Waals surface area contributed by atoms with Gasteiger partial charge in [0, 0.05) is 43.1 Å². The molecule has 0 bridgehead atoms. The van der Waals surface area contributed by atoms with Gasteiger partial charge < -0.3 is 10.2 Å². The maximum atomic E-state index is 12.5. The van der Waals surface area contributed by atoms with Crippen molar-refractivity contribution in [2.24, 2.45) is 7.05 Å². The highest BCUT2D eigenvalue weighted by molar-refractivity contribution is 5.92. The second-order valence-electron chi connectivity index (χ2n) is 7.03. The average molecular weight is 340 g/mol. The number of piperidine rings is 1. The summed E-state index contributed by atoms with van der Waals surface area (Å²) in [5.74, 6) is 0.971. The van der Waals surface area contributed by atoms with E-state index in [0.29, 0.717) is 5.69 Å². The Morgan fingerprint density at radius 1 is 1.28 bits per heavy atom. The predicted octanol–water partition coefficient (Wildman–Crippen LogP) is 1.41. The fourth-order valence-corrected chi connectivity index (χ4v) is 3.83. The molecule has 1 aliphatic heterocycles. The molecule has 7 heteroatoms. The largest absolute Gasteiger partial charge is 0.354 e. The Morgan fingerprint density at radius 2 is 2.16 bits per heavy atom. The van der Waals surface area contributed by atoms with Crippen molar-refractivity contribution in [3.8, 4) is 0 Å². The maximum Gasteiger partial charge on any atom is 0.272 e. The molecule has 3 heterocycles. The van der Waals surface area contributed by atoms with E-state index in [-0.39, 0.29) is 11.9 Å². The second-order valence-corrected chi connectivity index (χ2v) is 7.03. The van der Waals surface area contributed by atoms with Gasteiger partial charge in [-0.3, -0.25) is 9.48 Å². The topological polar surface area (TPSA) is 75.9 Å². The number of carbonyl (C=O) groups is 1. The molecule has 4 rings (SSSR count). The zero-order chi connectivity index (χ0) is 17.4. The number of aromatic nitrogens is 4. The third-order valence-electron chi connectivity index (χ3n) is 5.25. The van der Waals surface area contributed by atoms with Gasteiger partial charge in [0.15, 0.2) is 0 Å². The van der Waals surface area contributed by atoms with Crippen molar-refractivity contribution >= 4 is 11.7 Å². The van der Waals surface area contributed by atoms with Gasteiger partial charge in [0.2, 0.25) is 0 Å². The standard InChI is InChI=1S/C18H24N6O/c1-12-9-16(22-23(12)2)18(25)21-13-5-4-8-24(10-13)17-14-6-3-7-15(14)19-11-20-17/h9,11,13H,3-8,10H2,1-2H3,(H,21,25). The van der Waals surface area contributed by atoms with Crippen LogP contribution in [0.5, 0.6) is 0 Å². The first kappa shape index (κ1) is 16.1. The number of carbonyl (C=O) groups excluding carboxylic acids is 1. The maximum absolute atomic E-state index is 12.5. The number of aryl methyl sites for hydroxylation is 3. The lowest BCUT2D eigenvalue weighted by atomic mass is 10.0. The number of nitrogens with zero attached hydrogens (tertiary/aromatic N) is 5. The Morgan fingerprint density at radius 3 is 2.96 bits per heavy atom. The molecule has 1 fully saturated rings. The first-order valence-electron chi connectivity index (χ1n) is 9.01. The Balaban J connectivity index is 1.46. The molecule has 1 N–H and O–H groups in total. The van der Waals surface area contributed by atoms with E-state index < -0.39 is 0 Å². The summed E-state index contributed by atoms with van der Waals surface area (Å²) in [6.45, 7) is 3.72. The van der Waals surface area contributed by atoms with E-state index in [2.05, 4.69) is 25.3 Å². The monoisotopic (exact) mass is 340 g/mol. The molecule has 1 atom stereocenters. The summed E-state index contributed by atoms with van der Waals surface area (Å²) in [7, 11) is 1.85. The van der Waals surface area contributed by atoms with Gasteiger partial charge in [-0.25, -0.2) is 9.97 Å². The van der Waals surface area contributed by atoms with Gasteiger partial charge in [0.1, 0.15) is 17.8 Å². The zero-order valence-electron chi connectivity index (χ0n) is 14.8. The van der Waals surface area contributed by atoms with E-state index in [1.54, 1.807) is 11.0 Å². The Kier molecular flexibility index (Phi) is 4.15. The predicted molar refractivity (Wildman–Crippen MR) is 94.7 cm³/mol. The molecule has 0 saturated carbocycles. The van der Waals surface area contributed by atoms with Crippen molar-refractivity contribution in [3.05, 3.63) is 35.0 Å². The number of hydrogen-bond donors (Lipinski definition) is 1. The van der Waals surface area contributed by atoms with Crippen molar-refractivity contribution in [2.75, 3.05) is 18.0 Å². The molecular weight excluding hydrogens is 316 g/mol. The van der Waals surface area contributed by atoms with E-state index >= 15 is 0 Å². The number of fused-ring (bicyclic) bond motifs is 1. The fourth-order valence-electron chi connectivity index (χ4n) is 3.83. The normalized spacial score (nSPS) is 19.8. The Bertz CT molecular complexity index is 779. The highest BCUT2D eigenvalue weighted by Crippen LogP contribution is 2.29. The van der Waals surface area contributed by atoms with Crippen LogP contribution in [0.4, 0.5) is 5.82 Å². The van der Waals surface area contributed by atoms with Crippen LogP contribution in [-0.2, 0) is 19.9 Å². The lowest BCUT2D eigenvalue weighted by molar-refractivity contribution is 0.0927. The Hall–Kier alpha value is -2.44. The van der Waals surface area contributed by atoms with Crippen LogP contribution in [0.25, 0.3) is 0 Å².